The molecule has 3 heterocycles. The van der Waals surface area contributed by atoms with Crippen LogP contribution in [0.25, 0.3) is 0 Å². The standard InChI is InChI=1S/C20H21N7O5S3.Na/c1-8-25-26-20(35-8)34-7-10-6-33-17-13(16(29)27(17)14(10)18(30)31)24-15(28)12(21)9-2-4-11(5-3-9)23-19(22)32;/h2-5,12-13,17H,6-7,21H2,1H3,(H,24,28)(H,30,31)(H3,22,23,32);/q;+1/p-1/t12?,13?,17-;/m0./s1. The number of carbonyl (C=O) groups is 4. The minimum absolute atomic E-state index is 0. The minimum atomic E-state index is -1.45. The summed E-state index contributed by atoms with van der Waals surface area (Å²) < 4.78 is 0.701. The zero-order valence-electron chi connectivity index (χ0n) is 19.2. The first-order chi connectivity index (χ1) is 16.7. The van der Waals surface area contributed by atoms with Gasteiger partial charge in [-0.3, -0.25) is 14.5 Å². The van der Waals surface area contributed by atoms with E-state index in [4.69, 9.17) is 11.5 Å². The third kappa shape index (κ3) is 6.04. The van der Waals surface area contributed by atoms with Crippen LogP contribution < -0.4 is 56.8 Å². The summed E-state index contributed by atoms with van der Waals surface area (Å²) in [4.78, 5) is 49.5. The van der Waals surface area contributed by atoms with Crippen molar-refractivity contribution in [3.8, 4) is 0 Å². The number of anilines is 1. The first-order valence-corrected chi connectivity index (χ1v) is 13.0. The molecule has 184 valence electrons. The number of nitrogens with two attached hydrogens (primary N) is 2. The van der Waals surface area contributed by atoms with Crippen LogP contribution in [0.4, 0.5) is 10.5 Å². The molecule has 0 saturated carbocycles. The van der Waals surface area contributed by atoms with Crippen molar-refractivity contribution >= 4 is 64.4 Å². The van der Waals surface area contributed by atoms with Gasteiger partial charge in [-0.05, 0) is 30.2 Å². The van der Waals surface area contributed by atoms with Crippen molar-refractivity contribution < 1.29 is 53.8 Å². The van der Waals surface area contributed by atoms with Crippen molar-refractivity contribution in [2.24, 2.45) is 11.5 Å². The molecule has 12 nitrogen and oxygen atoms in total. The number of thioether (sulfide) groups is 2. The Kier molecular flexibility index (Phi) is 9.43. The van der Waals surface area contributed by atoms with Gasteiger partial charge in [0.05, 0.1) is 11.7 Å². The van der Waals surface area contributed by atoms with Gasteiger partial charge in [-0.2, -0.15) is 0 Å². The number of aliphatic carboxylic acids is 1. The Morgan fingerprint density at radius 3 is 2.56 bits per heavy atom. The molecule has 4 rings (SSSR count). The maximum absolute atomic E-state index is 12.8. The Morgan fingerprint density at radius 1 is 1.28 bits per heavy atom. The number of hydrogen-bond donors (Lipinski definition) is 4. The fraction of sp³-hybridized carbons (Fsp3) is 0.300. The van der Waals surface area contributed by atoms with Gasteiger partial charge in [-0.15, -0.1) is 22.0 Å². The smallest absolute Gasteiger partial charge is 0.543 e. The number of nitrogens with one attached hydrogen (secondary N) is 2. The predicted octanol–water partition coefficient (Wildman–Crippen LogP) is -3.46. The Balaban J connectivity index is 0.00000361. The number of carboxylic acids is 1. The van der Waals surface area contributed by atoms with Crippen LogP contribution in [0.5, 0.6) is 0 Å². The second-order valence-electron chi connectivity index (χ2n) is 7.60. The third-order valence-corrected chi connectivity index (χ3v) is 8.63. The molecule has 0 spiro atoms. The van der Waals surface area contributed by atoms with E-state index in [2.05, 4.69) is 20.8 Å². The van der Waals surface area contributed by atoms with Crippen LogP contribution in [0.2, 0.25) is 0 Å². The number of carbonyl (C=O) groups excluding carboxylic acids is 4. The summed E-state index contributed by atoms with van der Waals surface area (Å²) in [7, 11) is 0. The van der Waals surface area contributed by atoms with Gasteiger partial charge in [0, 0.05) is 17.2 Å². The summed E-state index contributed by atoms with van der Waals surface area (Å²) in [6.45, 7) is 1.82. The van der Waals surface area contributed by atoms with Gasteiger partial charge >= 0.3 is 35.6 Å². The molecule has 2 aliphatic heterocycles. The number of carboxylic acid groups (broad SMARTS) is 1. The van der Waals surface area contributed by atoms with Gasteiger partial charge in [0.25, 0.3) is 5.91 Å². The van der Waals surface area contributed by atoms with E-state index in [1.165, 1.54) is 34.9 Å². The topological polar surface area (TPSA) is 196 Å². The van der Waals surface area contributed by atoms with Crippen LogP contribution >= 0.6 is 34.9 Å². The third-order valence-electron chi connectivity index (χ3n) is 5.24. The van der Waals surface area contributed by atoms with Gasteiger partial charge in [-0.1, -0.05) is 35.2 Å². The quantitative estimate of drug-likeness (QED) is 0.144. The molecule has 1 saturated heterocycles. The Hall–Kier alpha value is -2.14. The number of fused-ring (bicyclic) bond motifs is 1. The van der Waals surface area contributed by atoms with Crippen molar-refractivity contribution in [2.75, 3.05) is 16.8 Å². The number of urea groups is 1. The fourth-order valence-electron chi connectivity index (χ4n) is 3.58. The van der Waals surface area contributed by atoms with Crippen LogP contribution in [-0.2, 0) is 14.4 Å². The SMILES string of the molecule is Cc1nnc(SCC2=C(C(=O)[O-])N3C(=O)C(NC(=O)C(N)c4ccc(NC(N)=O)cc4)[C@@H]3SC2)s1.[Na+]. The number of nitrogens with zero attached hydrogens (tertiary/aromatic N) is 3. The first kappa shape index (κ1) is 28.4. The van der Waals surface area contributed by atoms with Gasteiger partial charge in [-0.25, -0.2) is 4.79 Å². The number of benzene rings is 1. The van der Waals surface area contributed by atoms with E-state index in [0.29, 0.717) is 32.7 Å². The predicted molar refractivity (Wildman–Crippen MR) is 129 cm³/mol. The van der Waals surface area contributed by atoms with Gasteiger partial charge < -0.3 is 32.0 Å². The van der Waals surface area contributed by atoms with E-state index in [0.717, 1.165) is 9.91 Å². The van der Waals surface area contributed by atoms with E-state index >= 15 is 0 Å². The molecule has 2 aromatic rings. The summed E-state index contributed by atoms with van der Waals surface area (Å²) >= 11 is 4.09. The van der Waals surface area contributed by atoms with Crippen LogP contribution in [0.15, 0.2) is 39.9 Å². The zero-order chi connectivity index (χ0) is 25.3. The summed E-state index contributed by atoms with van der Waals surface area (Å²) in [6, 6.07) is 3.48. The van der Waals surface area contributed by atoms with E-state index in [1.807, 2.05) is 6.92 Å². The molecular formula is C20H20N7NaO5S3. The van der Waals surface area contributed by atoms with E-state index in [1.54, 1.807) is 24.3 Å². The molecule has 36 heavy (non-hydrogen) atoms. The summed E-state index contributed by atoms with van der Waals surface area (Å²) in [5.41, 5.74) is 12.4. The molecule has 2 unspecified atom stereocenters. The number of aromatic nitrogens is 2. The Labute approximate surface area is 240 Å². The van der Waals surface area contributed by atoms with Gasteiger partial charge in [0.2, 0.25) is 5.91 Å². The second kappa shape index (κ2) is 11.9. The molecule has 6 N–H and O–H groups in total. The monoisotopic (exact) mass is 557 g/mol. The molecule has 3 atom stereocenters. The van der Waals surface area contributed by atoms with Crippen molar-refractivity contribution in [3.05, 3.63) is 46.1 Å². The minimum Gasteiger partial charge on any atom is -0.543 e. The van der Waals surface area contributed by atoms with Crippen LogP contribution in [0, 0.1) is 6.92 Å². The van der Waals surface area contributed by atoms with Crippen LogP contribution in [0.3, 0.4) is 0 Å². The van der Waals surface area contributed by atoms with Crippen molar-refractivity contribution in [2.45, 2.75) is 28.7 Å². The molecule has 16 heteroatoms. The number of hydrogen-bond acceptors (Lipinski definition) is 11. The summed E-state index contributed by atoms with van der Waals surface area (Å²) in [6.07, 6.45) is 0. The van der Waals surface area contributed by atoms with Crippen molar-refractivity contribution in [1.82, 2.24) is 20.4 Å². The number of rotatable bonds is 8. The van der Waals surface area contributed by atoms with E-state index in [9.17, 15) is 24.3 Å². The van der Waals surface area contributed by atoms with E-state index < -0.39 is 41.3 Å². The normalized spacial score (nSPS) is 19.5. The van der Waals surface area contributed by atoms with Crippen LogP contribution in [0.1, 0.15) is 16.6 Å². The molecule has 0 radical (unpaired) electrons. The first-order valence-electron chi connectivity index (χ1n) is 10.2. The number of primary amides is 1. The molecule has 4 amide bonds. The van der Waals surface area contributed by atoms with Crippen molar-refractivity contribution in [3.63, 3.8) is 0 Å². The maximum atomic E-state index is 12.8. The zero-order valence-corrected chi connectivity index (χ0v) is 23.7. The Bertz CT molecular complexity index is 1220. The molecule has 2 aliphatic rings. The molecule has 0 aliphatic carbocycles. The molecule has 1 fully saturated rings. The second-order valence-corrected chi connectivity index (χ2v) is 11.1. The largest absolute Gasteiger partial charge is 1.00 e. The van der Waals surface area contributed by atoms with Crippen molar-refractivity contribution in [1.29, 1.82) is 0 Å². The number of amides is 4. The average molecular weight is 558 g/mol. The van der Waals surface area contributed by atoms with Gasteiger partial charge in [0.15, 0.2) is 4.34 Å². The molecule has 1 aromatic heterocycles. The fourth-order valence-corrected chi connectivity index (χ4v) is 6.88. The number of β-lactam (4-membered cyclic amide) rings is 1. The Morgan fingerprint density at radius 2 is 1.97 bits per heavy atom. The summed E-state index contributed by atoms with van der Waals surface area (Å²) in [5.74, 6) is -1.90. The molecule has 0 bridgehead atoms. The number of aryl methyl sites for hydroxylation is 1. The maximum Gasteiger partial charge on any atom is 1.00 e. The average Bonchev–Trinajstić information content (AvgIpc) is 3.24. The molecular weight excluding hydrogens is 537 g/mol. The van der Waals surface area contributed by atoms with Crippen LogP contribution in [-0.4, -0.2) is 61.8 Å². The van der Waals surface area contributed by atoms with Gasteiger partial charge in [0.1, 0.15) is 22.5 Å². The summed E-state index contributed by atoms with van der Waals surface area (Å²) in [5, 5.41) is 25.1. The molecule has 1 aromatic carbocycles. The van der Waals surface area contributed by atoms with E-state index in [-0.39, 0.29) is 35.3 Å².